The molecule has 4 rings (SSSR count). The molecule has 4 N–H and O–H groups in total. The SMILES string of the molecule is Nc1ccc(N2CCC(CCCC3CCN(c4ncc(N)cn4)CC3)CC2)cc1. The molecule has 0 bridgehead atoms. The van der Waals surface area contributed by atoms with E-state index in [-0.39, 0.29) is 0 Å². The van der Waals surface area contributed by atoms with Gasteiger partial charge in [-0.05, 0) is 61.8 Å². The van der Waals surface area contributed by atoms with Crippen LogP contribution in [0.4, 0.5) is 23.0 Å². The number of hydrogen-bond donors (Lipinski definition) is 2. The maximum Gasteiger partial charge on any atom is 0.225 e. The fourth-order valence-electron chi connectivity index (χ4n) is 4.78. The molecule has 6 nitrogen and oxygen atoms in total. The van der Waals surface area contributed by atoms with Crippen LogP contribution in [-0.2, 0) is 0 Å². The zero-order valence-electron chi connectivity index (χ0n) is 17.3. The number of benzene rings is 1. The molecule has 0 aliphatic carbocycles. The smallest absolute Gasteiger partial charge is 0.225 e. The topological polar surface area (TPSA) is 84.3 Å². The van der Waals surface area contributed by atoms with Crippen molar-refractivity contribution in [1.82, 2.24) is 9.97 Å². The van der Waals surface area contributed by atoms with Crippen LogP contribution in [0.25, 0.3) is 0 Å². The molecule has 1 aromatic heterocycles. The molecule has 29 heavy (non-hydrogen) atoms. The van der Waals surface area contributed by atoms with Gasteiger partial charge < -0.3 is 21.3 Å². The van der Waals surface area contributed by atoms with Crippen LogP contribution in [0.3, 0.4) is 0 Å². The quantitative estimate of drug-likeness (QED) is 0.722. The minimum Gasteiger partial charge on any atom is -0.399 e. The fraction of sp³-hybridized carbons (Fsp3) is 0.565. The monoisotopic (exact) mass is 394 g/mol. The van der Waals surface area contributed by atoms with Crippen LogP contribution < -0.4 is 21.3 Å². The lowest BCUT2D eigenvalue weighted by molar-refractivity contribution is 0.324. The minimum atomic E-state index is 0.628. The van der Waals surface area contributed by atoms with Crippen LogP contribution in [0.2, 0.25) is 0 Å². The van der Waals surface area contributed by atoms with E-state index >= 15 is 0 Å². The van der Waals surface area contributed by atoms with Gasteiger partial charge >= 0.3 is 0 Å². The Labute approximate surface area is 174 Å². The summed E-state index contributed by atoms with van der Waals surface area (Å²) in [4.78, 5) is 13.5. The normalized spacial score (nSPS) is 18.9. The molecule has 0 unspecified atom stereocenters. The highest BCUT2D eigenvalue weighted by molar-refractivity contribution is 5.53. The van der Waals surface area contributed by atoms with E-state index in [2.05, 4.69) is 31.9 Å². The number of hydrogen-bond acceptors (Lipinski definition) is 6. The minimum absolute atomic E-state index is 0.628. The van der Waals surface area contributed by atoms with E-state index in [0.717, 1.165) is 36.6 Å². The molecule has 3 heterocycles. The van der Waals surface area contributed by atoms with Gasteiger partial charge in [-0.1, -0.05) is 19.3 Å². The summed E-state index contributed by atoms with van der Waals surface area (Å²) in [5.41, 5.74) is 14.3. The van der Waals surface area contributed by atoms with E-state index in [1.165, 1.54) is 63.7 Å². The standard InChI is InChI=1S/C23H34N6/c24-20-4-6-22(7-5-20)28-12-8-18(9-13-28)2-1-3-19-10-14-29(15-11-19)23-26-16-21(25)17-27-23/h4-7,16-19H,1-3,8-15,24-25H2. The van der Waals surface area contributed by atoms with Gasteiger partial charge in [-0.2, -0.15) is 0 Å². The first-order chi connectivity index (χ1) is 14.2. The van der Waals surface area contributed by atoms with E-state index < -0.39 is 0 Å². The van der Waals surface area contributed by atoms with Crippen LogP contribution in [0.1, 0.15) is 44.9 Å². The predicted molar refractivity (Wildman–Crippen MR) is 121 cm³/mol. The number of anilines is 4. The lowest BCUT2D eigenvalue weighted by Gasteiger charge is -2.34. The molecule has 1 aromatic carbocycles. The van der Waals surface area contributed by atoms with Crippen molar-refractivity contribution in [2.75, 3.05) is 47.4 Å². The highest BCUT2D eigenvalue weighted by atomic mass is 15.2. The van der Waals surface area contributed by atoms with E-state index in [1.807, 2.05) is 12.1 Å². The Morgan fingerprint density at radius 2 is 1.24 bits per heavy atom. The highest BCUT2D eigenvalue weighted by Crippen LogP contribution is 2.30. The first-order valence-corrected chi connectivity index (χ1v) is 11.1. The second-order valence-corrected chi connectivity index (χ2v) is 8.70. The molecule has 2 aliphatic rings. The number of nitrogens with two attached hydrogens (primary N) is 2. The predicted octanol–water partition coefficient (Wildman–Crippen LogP) is 3.94. The fourth-order valence-corrected chi connectivity index (χ4v) is 4.78. The Kier molecular flexibility index (Phi) is 6.37. The average Bonchev–Trinajstić information content (AvgIpc) is 2.76. The summed E-state index contributed by atoms with van der Waals surface area (Å²) in [6.45, 7) is 4.48. The number of rotatable bonds is 6. The summed E-state index contributed by atoms with van der Waals surface area (Å²) >= 11 is 0. The Balaban J connectivity index is 1.13. The number of aromatic nitrogens is 2. The third-order valence-electron chi connectivity index (χ3n) is 6.65. The van der Waals surface area contributed by atoms with Crippen molar-refractivity contribution >= 4 is 23.0 Å². The Bertz CT molecular complexity index is 678. The molecule has 2 aliphatic heterocycles. The lowest BCUT2D eigenvalue weighted by Crippen LogP contribution is -2.35. The molecule has 2 saturated heterocycles. The second kappa shape index (κ2) is 9.33. The molecule has 6 heteroatoms. The highest BCUT2D eigenvalue weighted by Gasteiger charge is 2.22. The van der Waals surface area contributed by atoms with Crippen LogP contribution in [-0.4, -0.2) is 36.1 Å². The van der Waals surface area contributed by atoms with Gasteiger partial charge in [0.1, 0.15) is 0 Å². The summed E-state index contributed by atoms with van der Waals surface area (Å²) < 4.78 is 0. The van der Waals surface area contributed by atoms with E-state index in [9.17, 15) is 0 Å². The molecular weight excluding hydrogens is 360 g/mol. The van der Waals surface area contributed by atoms with E-state index in [0.29, 0.717) is 5.69 Å². The third-order valence-corrected chi connectivity index (χ3v) is 6.65. The van der Waals surface area contributed by atoms with Gasteiger partial charge in [0.25, 0.3) is 0 Å². The van der Waals surface area contributed by atoms with Crippen LogP contribution >= 0.6 is 0 Å². The molecule has 0 spiro atoms. The number of nitrogen functional groups attached to an aromatic ring is 2. The Hall–Kier alpha value is -2.50. The van der Waals surface area contributed by atoms with Gasteiger partial charge in [0, 0.05) is 37.6 Å². The second-order valence-electron chi connectivity index (χ2n) is 8.70. The maximum absolute atomic E-state index is 5.81. The molecular formula is C23H34N6. The first kappa shape index (κ1) is 19.8. The number of piperidine rings is 2. The van der Waals surface area contributed by atoms with Gasteiger partial charge in [-0.3, -0.25) is 0 Å². The molecule has 156 valence electrons. The lowest BCUT2D eigenvalue weighted by atomic mass is 9.87. The average molecular weight is 395 g/mol. The van der Waals surface area contributed by atoms with Gasteiger partial charge in [-0.25, -0.2) is 9.97 Å². The molecule has 2 aromatic rings. The van der Waals surface area contributed by atoms with Crippen molar-refractivity contribution in [3.05, 3.63) is 36.7 Å². The van der Waals surface area contributed by atoms with Crippen molar-refractivity contribution in [3.8, 4) is 0 Å². The summed E-state index contributed by atoms with van der Waals surface area (Å²) in [7, 11) is 0. The zero-order chi connectivity index (χ0) is 20.1. The third kappa shape index (κ3) is 5.31. The van der Waals surface area contributed by atoms with Gasteiger partial charge in [0.05, 0.1) is 18.1 Å². The van der Waals surface area contributed by atoms with Crippen molar-refractivity contribution < 1.29 is 0 Å². The van der Waals surface area contributed by atoms with Crippen LogP contribution in [0.5, 0.6) is 0 Å². The van der Waals surface area contributed by atoms with Gasteiger partial charge in [0.15, 0.2) is 0 Å². The Morgan fingerprint density at radius 3 is 1.79 bits per heavy atom. The first-order valence-electron chi connectivity index (χ1n) is 11.1. The van der Waals surface area contributed by atoms with Crippen molar-refractivity contribution in [1.29, 1.82) is 0 Å². The molecule has 2 fully saturated rings. The van der Waals surface area contributed by atoms with Crippen molar-refractivity contribution in [2.24, 2.45) is 11.8 Å². The molecule has 0 atom stereocenters. The van der Waals surface area contributed by atoms with E-state index in [1.54, 1.807) is 12.4 Å². The van der Waals surface area contributed by atoms with Crippen molar-refractivity contribution in [3.63, 3.8) is 0 Å². The summed E-state index contributed by atoms with van der Waals surface area (Å²) in [5, 5.41) is 0. The van der Waals surface area contributed by atoms with Crippen molar-refractivity contribution in [2.45, 2.75) is 44.9 Å². The zero-order valence-corrected chi connectivity index (χ0v) is 17.3. The largest absolute Gasteiger partial charge is 0.399 e. The number of nitrogens with zero attached hydrogens (tertiary/aromatic N) is 4. The summed E-state index contributed by atoms with van der Waals surface area (Å²) in [6.07, 6.45) is 12.7. The van der Waals surface area contributed by atoms with Crippen LogP contribution in [0.15, 0.2) is 36.7 Å². The van der Waals surface area contributed by atoms with Crippen LogP contribution in [0, 0.1) is 11.8 Å². The molecule has 0 radical (unpaired) electrons. The van der Waals surface area contributed by atoms with Gasteiger partial charge in [-0.15, -0.1) is 0 Å². The Morgan fingerprint density at radius 1 is 0.724 bits per heavy atom. The maximum atomic E-state index is 5.81. The molecule has 0 saturated carbocycles. The van der Waals surface area contributed by atoms with Gasteiger partial charge in [0.2, 0.25) is 5.95 Å². The summed E-state index contributed by atoms with van der Waals surface area (Å²) in [6, 6.07) is 8.31. The van der Waals surface area contributed by atoms with E-state index in [4.69, 9.17) is 11.5 Å². The molecule has 0 amide bonds. The summed E-state index contributed by atoms with van der Waals surface area (Å²) in [5.74, 6) is 2.57.